The van der Waals surface area contributed by atoms with Crippen molar-refractivity contribution in [3.63, 3.8) is 0 Å². The van der Waals surface area contributed by atoms with Crippen molar-refractivity contribution in [3.8, 4) is 29.0 Å². The molecule has 0 saturated heterocycles. The summed E-state index contributed by atoms with van der Waals surface area (Å²) < 4.78 is 6.07. The smallest absolute Gasteiger partial charge is 0.246 e. The minimum atomic E-state index is 0.368. The molecule has 2 aromatic carbocycles. The van der Waals surface area contributed by atoms with Crippen LogP contribution in [0.4, 0.5) is 11.5 Å². The predicted octanol–water partition coefficient (Wildman–Crippen LogP) is 5.49. The number of rotatable bonds is 5. The number of hydrogen-bond acceptors (Lipinski definition) is 7. The molecule has 0 amide bonds. The van der Waals surface area contributed by atoms with Crippen molar-refractivity contribution >= 4 is 22.4 Å². The molecule has 0 unspecified atom stereocenters. The third kappa shape index (κ3) is 3.93. The van der Waals surface area contributed by atoms with E-state index in [1.807, 2.05) is 54.6 Å². The summed E-state index contributed by atoms with van der Waals surface area (Å²) in [6, 6.07) is 22.6. The molecule has 0 aliphatic rings. The molecule has 32 heavy (non-hydrogen) atoms. The van der Waals surface area contributed by atoms with E-state index in [4.69, 9.17) is 4.74 Å². The predicted molar refractivity (Wildman–Crippen MR) is 122 cm³/mol. The zero-order valence-electron chi connectivity index (χ0n) is 16.8. The number of pyridine rings is 2. The molecule has 0 bridgehead atoms. The molecule has 0 radical (unpaired) electrons. The average molecular weight is 416 g/mol. The van der Waals surface area contributed by atoms with Crippen molar-refractivity contribution in [1.29, 1.82) is 5.26 Å². The number of aromatic nitrogens is 4. The summed E-state index contributed by atoms with van der Waals surface area (Å²) >= 11 is 0. The molecule has 0 aliphatic carbocycles. The van der Waals surface area contributed by atoms with Gasteiger partial charge in [-0.2, -0.15) is 5.26 Å². The highest BCUT2D eigenvalue weighted by Crippen LogP contribution is 2.34. The molecule has 1 N–H and O–H groups in total. The molecule has 0 saturated carbocycles. The molecule has 3 heterocycles. The third-order valence-corrected chi connectivity index (χ3v) is 4.80. The van der Waals surface area contributed by atoms with Gasteiger partial charge in [0.1, 0.15) is 17.3 Å². The molecule has 0 aliphatic heterocycles. The number of fused-ring (bicyclic) bond motifs is 1. The van der Waals surface area contributed by atoms with Gasteiger partial charge in [-0.05, 0) is 60.7 Å². The standard InChI is InChI=1S/C25H16N6O/c26-16-17-4-9-22-21(15-17)20(10-12-27-22)24-25(30-14-13-29-24)32-19-7-5-18(6-8-19)31-23-3-1-2-11-28-23/h1-15H,(H,28,31). The molecule has 5 rings (SSSR count). The summed E-state index contributed by atoms with van der Waals surface area (Å²) in [5.41, 5.74) is 3.58. The van der Waals surface area contributed by atoms with Crippen molar-refractivity contribution in [2.45, 2.75) is 0 Å². The third-order valence-electron chi connectivity index (χ3n) is 4.80. The first-order chi connectivity index (χ1) is 15.8. The summed E-state index contributed by atoms with van der Waals surface area (Å²) in [5.74, 6) is 1.75. The molecule has 7 nitrogen and oxygen atoms in total. The fourth-order valence-corrected chi connectivity index (χ4v) is 3.31. The van der Waals surface area contributed by atoms with E-state index in [1.54, 1.807) is 36.9 Å². The molecule has 0 spiro atoms. The average Bonchev–Trinajstić information content (AvgIpc) is 2.85. The second-order valence-corrected chi connectivity index (χ2v) is 6.88. The first-order valence-corrected chi connectivity index (χ1v) is 9.86. The minimum absolute atomic E-state index is 0.368. The summed E-state index contributed by atoms with van der Waals surface area (Å²) in [7, 11) is 0. The van der Waals surface area contributed by atoms with Gasteiger partial charge in [0.2, 0.25) is 5.88 Å². The fraction of sp³-hybridized carbons (Fsp3) is 0. The SMILES string of the molecule is N#Cc1ccc2nccc(-c3nccnc3Oc3ccc(Nc4ccccn4)cc3)c2c1. The number of nitriles is 1. The number of anilines is 2. The topological polar surface area (TPSA) is 96.6 Å². The van der Waals surface area contributed by atoms with Crippen molar-refractivity contribution in [3.05, 3.63) is 97.1 Å². The summed E-state index contributed by atoms with van der Waals surface area (Å²) in [6.07, 6.45) is 6.64. The van der Waals surface area contributed by atoms with Gasteiger partial charge < -0.3 is 10.1 Å². The lowest BCUT2D eigenvalue weighted by Crippen LogP contribution is -1.96. The van der Waals surface area contributed by atoms with Crippen LogP contribution in [0, 0.1) is 11.3 Å². The number of ether oxygens (including phenoxy) is 1. The van der Waals surface area contributed by atoms with E-state index in [9.17, 15) is 5.26 Å². The van der Waals surface area contributed by atoms with Gasteiger partial charge in [0.25, 0.3) is 0 Å². The number of nitrogens with one attached hydrogen (secondary N) is 1. The Morgan fingerprint density at radius 1 is 0.781 bits per heavy atom. The highest BCUT2D eigenvalue weighted by atomic mass is 16.5. The maximum atomic E-state index is 9.29. The largest absolute Gasteiger partial charge is 0.437 e. The van der Waals surface area contributed by atoms with Gasteiger partial charge in [-0.1, -0.05) is 6.07 Å². The summed E-state index contributed by atoms with van der Waals surface area (Å²) in [4.78, 5) is 17.6. The Hall–Kier alpha value is -4.83. The quantitative estimate of drug-likeness (QED) is 0.404. The van der Waals surface area contributed by atoms with Crippen LogP contribution in [-0.2, 0) is 0 Å². The second kappa shape index (κ2) is 8.50. The van der Waals surface area contributed by atoms with Gasteiger partial charge >= 0.3 is 0 Å². The zero-order valence-corrected chi connectivity index (χ0v) is 16.8. The monoisotopic (exact) mass is 416 g/mol. The molecule has 0 fully saturated rings. The maximum Gasteiger partial charge on any atom is 0.246 e. The van der Waals surface area contributed by atoms with Crippen LogP contribution in [0.3, 0.4) is 0 Å². The Bertz CT molecular complexity index is 1430. The van der Waals surface area contributed by atoms with E-state index >= 15 is 0 Å². The highest BCUT2D eigenvalue weighted by molar-refractivity contribution is 5.95. The van der Waals surface area contributed by atoms with Crippen LogP contribution in [0.15, 0.2) is 91.5 Å². The fourth-order valence-electron chi connectivity index (χ4n) is 3.31. The first kappa shape index (κ1) is 19.2. The van der Waals surface area contributed by atoms with Crippen molar-refractivity contribution in [1.82, 2.24) is 19.9 Å². The highest BCUT2D eigenvalue weighted by Gasteiger charge is 2.14. The first-order valence-electron chi connectivity index (χ1n) is 9.86. The van der Waals surface area contributed by atoms with Gasteiger partial charge in [0.05, 0.1) is 17.1 Å². The zero-order chi connectivity index (χ0) is 21.8. The number of benzene rings is 2. The number of hydrogen-bond donors (Lipinski definition) is 1. The lowest BCUT2D eigenvalue weighted by atomic mass is 10.0. The van der Waals surface area contributed by atoms with Crippen LogP contribution >= 0.6 is 0 Å². The Labute approximate surface area is 184 Å². The number of nitrogens with zero attached hydrogens (tertiary/aromatic N) is 5. The Kier molecular flexibility index (Phi) is 5.09. The molecule has 5 aromatic rings. The van der Waals surface area contributed by atoms with Crippen molar-refractivity contribution in [2.75, 3.05) is 5.32 Å². The van der Waals surface area contributed by atoms with Crippen LogP contribution in [0.25, 0.3) is 22.2 Å². The van der Waals surface area contributed by atoms with E-state index < -0.39 is 0 Å². The molecular formula is C25H16N6O. The van der Waals surface area contributed by atoms with E-state index in [1.165, 1.54) is 0 Å². The summed E-state index contributed by atoms with van der Waals surface area (Å²) in [6.45, 7) is 0. The molecule has 3 aromatic heterocycles. The molecule has 152 valence electrons. The Morgan fingerprint density at radius 3 is 2.47 bits per heavy atom. The normalized spacial score (nSPS) is 10.5. The molecule has 7 heteroatoms. The van der Waals surface area contributed by atoms with Gasteiger partial charge in [0.15, 0.2) is 0 Å². The Morgan fingerprint density at radius 2 is 1.66 bits per heavy atom. The van der Waals surface area contributed by atoms with E-state index in [0.29, 0.717) is 22.9 Å². The minimum Gasteiger partial charge on any atom is -0.437 e. The van der Waals surface area contributed by atoms with Gasteiger partial charge in [0, 0.05) is 41.4 Å². The van der Waals surface area contributed by atoms with E-state index in [-0.39, 0.29) is 0 Å². The van der Waals surface area contributed by atoms with Crippen molar-refractivity contribution < 1.29 is 4.74 Å². The molecular weight excluding hydrogens is 400 g/mol. The lowest BCUT2D eigenvalue weighted by Gasteiger charge is -2.12. The summed E-state index contributed by atoms with van der Waals surface area (Å²) in [5, 5.41) is 13.3. The van der Waals surface area contributed by atoms with Gasteiger partial charge in [-0.25, -0.2) is 15.0 Å². The maximum absolute atomic E-state index is 9.29. The van der Waals surface area contributed by atoms with E-state index in [0.717, 1.165) is 28.0 Å². The van der Waals surface area contributed by atoms with Crippen LogP contribution in [0.1, 0.15) is 5.56 Å². The van der Waals surface area contributed by atoms with Crippen LogP contribution in [-0.4, -0.2) is 19.9 Å². The van der Waals surface area contributed by atoms with Crippen LogP contribution < -0.4 is 10.1 Å². The van der Waals surface area contributed by atoms with E-state index in [2.05, 4.69) is 31.3 Å². The van der Waals surface area contributed by atoms with Crippen LogP contribution in [0.2, 0.25) is 0 Å². The Balaban J connectivity index is 1.46. The second-order valence-electron chi connectivity index (χ2n) is 6.88. The molecule has 0 atom stereocenters. The van der Waals surface area contributed by atoms with Crippen LogP contribution in [0.5, 0.6) is 11.6 Å². The van der Waals surface area contributed by atoms with Crippen molar-refractivity contribution in [2.24, 2.45) is 0 Å². The van der Waals surface area contributed by atoms with Gasteiger partial charge in [-0.15, -0.1) is 0 Å². The van der Waals surface area contributed by atoms with Gasteiger partial charge in [-0.3, -0.25) is 4.98 Å². The lowest BCUT2D eigenvalue weighted by molar-refractivity contribution is 0.462.